The zero-order valence-corrected chi connectivity index (χ0v) is 18.9. The molecular formula is C24H32N6O2. The summed E-state index contributed by atoms with van der Waals surface area (Å²) in [5.74, 6) is -0.123. The summed E-state index contributed by atoms with van der Waals surface area (Å²) in [5.41, 5.74) is 14.5. The monoisotopic (exact) mass is 436 g/mol. The van der Waals surface area contributed by atoms with Crippen LogP contribution in [-0.4, -0.2) is 60.3 Å². The Morgan fingerprint density at radius 2 is 2.09 bits per heavy atom. The number of allylic oxidation sites excluding steroid dienone is 1. The molecule has 1 amide bonds. The molecule has 1 saturated heterocycles. The van der Waals surface area contributed by atoms with E-state index in [0.717, 1.165) is 12.1 Å². The zero-order chi connectivity index (χ0) is 23.1. The van der Waals surface area contributed by atoms with Gasteiger partial charge in [0.25, 0.3) is 5.91 Å². The summed E-state index contributed by atoms with van der Waals surface area (Å²) in [4.78, 5) is 23.6. The number of nitrogen functional groups attached to an aromatic ring is 1. The maximum absolute atomic E-state index is 13.1. The average molecular weight is 437 g/mol. The zero-order valence-electron chi connectivity index (χ0n) is 18.9. The van der Waals surface area contributed by atoms with Gasteiger partial charge < -0.3 is 21.5 Å². The van der Waals surface area contributed by atoms with E-state index in [-0.39, 0.29) is 23.9 Å². The van der Waals surface area contributed by atoms with Gasteiger partial charge in [0.2, 0.25) is 0 Å². The van der Waals surface area contributed by atoms with Crippen molar-refractivity contribution in [2.24, 2.45) is 10.7 Å². The van der Waals surface area contributed by atoms with Gasteiger partial charge in [-0.15, -0.1) is 0 Å². The number of carbonyl (C=O) groups is 1. The third kappa shape index (κ3) is 5.72. The molecule has 1 aromatic heterocycles. The largest absolute Gasteiger partial charge is 0.404 e. The Labute approximate surface area is 189 Å². The van der Waals surface area contributed by atoms with Crippen molar-refractivity contribution in [3.63, 3.8) is 0 Å². The fourth-order valence-corrected chi connectivity index (χ4v) is 3.72. The van der Waals surface area contributed by atoms with Gasteiger partial charge in [-0.05, 0) is 25.5 Å². The molecule has 0 bridgehead atoms. The molecule has 1 aliphatic rings. The number of likely N-dealkylation sites (tertiary alicyclic amines) is 1. The van der Waals surface area contributed by atoms with Crippen LogP contribution in [0.5, 0.6) is 0 Å². The van der Waals surface area contributed by atoms with Gasteiger partial charge in [0.15, 0.2) is 0 Å². The van der Waals surface area contributed by atoms with E-state index >= 15 is 0 Å². The number of nitrogens with zero attached hydrogens (tertiary/aromatic N) is 3. The lowest BCUT2D eigenvalue weighted by Crippen LogP contribution is -2.44. The predicted molar refractivity (Wildman–Crippen MR) is 128 cm³/mol. The summed E-state index contributed by atoms with van der Waals surface area (Å²) >= 11 is 0. The second-order valence-corrected chi connectivity index (χ2v) is 8.13. The van der Waals surface area contributed by atoms with Crippen LogP contribution in [0, 0.1) is 0 Å². The van der Waals surface area contributed by atoms with Crippen LogP contribution in [-0.2, 0) is 11.3 Å². The molecule has 1 aliphatic heterocycles. The molecule has 8 heteroatoms. The van der Waals surface area contributed by atoms with Gasteiger partial charge in [0, 0.05) is 55.9 Å². The molecule has 2 aromatic rings. The van der Waals surface area contributed by atoms with Crippen LogP contribution in [0.15, 0.2) is 53.8 Å². The van der Waals surface area contributed by atoms with Gasteiger partial charge in [-0.25, -0.2) is 4.98 Å². The predicted octanol–water partition coefficient (Wildman–Crippen LogP) is 2.07. The second kappa shape index (κ2) is 10.9. The fraction of sp³-hybridized carbons (Fsp3) is 0.375. The van der Waals surface area contributed by atoms with Gasteiger partial charge in [0.1, 0.15) is 5.82 Å². The Bertz CT molecular complexity index is 974. The van der Waals surface area contributed by atoms with E-state index in [0.29, 0.717) is 35.9 Å². The first-order valence-corrected chi connectivity index (χ1v) is 10.7. The highest BCUT2D eigenvalue weighted by atomic mass is 16.5. The lowest BCUT2D eigenvalue weighted by atomic mass is 10.1. The van der Waals surface area contributed by atoms with Gasteiger partial charge in [-0.3, -0.25) is 14.7 Å². The number of hydrogen-bond donors (Lipinski definition) is 3. The number of rotatable bonds is 8. The van der Waals surface area contributed by atoms with Gasteiger partial charge in [-0.2, -0.15) is 0 Å². The van der Waals surface area contributed by atoms with E-state index in [1.807, 2.05) is 30.3 Å². The van der Waals surface area contributed by atoms with Gasteiger partial charge in [-0.1, -0.05) is 30.3 Å². The smallest absolute Gasteiger partial charge is 0.255 e. The maximum Gasteiger partial charge on any atom is 0.255 e. The minimum atomic E-state index is -0.287. The third-order valence-electron chi connectivity index (χ3n) is 5.59. The Kier molecular flexibility index (Phi) is 7.97. The lowest BCUT2D eigenvalue weighted by Gasteiger charge is -2.21. The van der Waals surface area contributed by atoms with Crippen molar-refractivity contribution in [3.05, 3.63) is 65.5 Å². The maximum atomic E-state index is 13.1. The molecule has 170 valence electrons. The molecule has 0 saturated carbocycles. The molecule has 8 nitrogen and oxygen atoms in total. The molecular weight excluding hydrogens is 404 g/mol. The number of anilines is 1. The first-order valence-electron chi connectivity index (χ1n) is 10.7. The van der Waals surface area contributed by atoms with Crippen molar-refractivity contribution in [1.29, 1.82) is 0 Å². The molecule has 3 rings (SSSR count). The van der Waals surface area contributed by atoms with E-state index in [1.54, 1.807) is 25.5 Å². The number of benzene rings is 1. The summed E-state index contributed by atoms with van der Waals surface area (Å²) in [6.07, 6.45) is 4.48. The van der Waals surface area contributed by atoms with E-state index in [1.165, 1.54) is 6.20 Å². The highest BCUT2D eigenvalue weighted by molar-refractivity contribution is 6.10. The van der Waals surface area contributed by atoms with E-state index < -0.39 is 0 Å². The fourth-order valence-electron chi connectivity index (χ4n) is 3.72. The highest BCUT2D eigenvalue weighted by Crippen LogP contribution is 2.21. The van der Waals surface area contributed by atoms with Crippen LogP contribution in [0.1, 0.15) is 35.3 Å². The van der Waals surface area contributed by atoms with Crippen molar-refractivity contribution >= 4 is 23.5 Å². The molecule has 32 heavy (non-hydrogen) atoms. The van der Waals surface area contributed by atoms with Crippen molar-refractivity contribution in [1.82, 2.24) is 15.2 Å². The summed E-state index contributed by atoms with van der Waals surface area (Å²) in [5, 5.41) is 3.11. The highest BCUT2D eigenvalue weighted by Gasteiger charge is 2.36. The van der Waals surface area contributed by atoms with Crippen molar-refractivity contribution < 1.29 is 9.53 Å². The number of amides is 1. The number of aliphatic imine (C=N–C) groups is 1. The quantitative estimate of drug-likeness (QED) is 0.545. The number of carbonyl (C=O) groups excluding carboxylic acids is 1. The Morgan fingerprint density at radius 3 is 2.75 bits per heavy atom. The topological polar surface area (TPSA) is 119 Å². The van der Waals surface area contributed by atoms with Crippen LogP contribution >= 0.6 is 0 Å². The Morgan fingerprint density at radius 1 is 1.34 bits per heavy atom. The van der Waals surface area contributed by atoms with Crippen LogP contribution in [0.3, 0.4) is 0 Å². The number of hydrogen-bond acceptors (Lipinski definition) is 7. The van der Waals surface area contributed by atoms with Crippen LogP contribution in [0.4, 0.5) is 5.82 Å². The number of ether oxygens (including phenoxy) is 1. The van der Waals surface area contributed by atoms with Crippen molar-refractivity contribution in [3.8, 4) is 0 Å². The Balaban J connectivity index is 1.76. The number of pyridine rings is 1. The van der Waals surface area contributed by atoms with E-state index in [2.05, 4.69) is 34.0 Å². The Hall–Kier alpha value is -3.23. The van der Waals surface area contributed by atoms with Crippen molar-refractivity contribution in [2.75, 3.05) is 25.9 Å². The number of aromatic nitrogens is 1. The summed E-state index contributed by atoms with van der Waals surface area (Å²) in [6.45, 7) is 6.21. The summed E-state index contributed by atoms with van der Waals surface area (Å²) < 4.78 is 6.21. The molecule has 2 atom stereocenters. The first-order chi connectivity index (χ1) is 15.4. The van der Waals surface area contributed by atoms with Crippen LogP contribution in [0.25, 0.3) is 5.57 Å². The second-order valence-electron chi connectivity index (χ2n) is 8.13. The summed E-state index contributed by atoms with van der Waals surface area (Å²) in [6, 6.07) is 11.9. The number of nitrogens with one attached hydrogen (secondary N) is 1. The van der Waals surface area contributed by atoms with Gasteiger partial charge in [0.05, 0.1) is 24.3 Å². The lowest BCUT2D eigenvalue weighted by molar-refractivity contribution is 0.0300. The minimum absolute atomic E-state index is 0.134. The minimum Gasteiger partial charge on any atom is -0.404 e. The molecule has 1 unspecified atom stereocenters. The molecule has 0 aliphatic carbocycles. The molecule has 5 N–H and O–H groups in total. The van der Waals surface area contributed by atoms with E-state index in [9.17, 15) is 4.79 Å². The molecule has 1 fully saturated rings. The normalized spacial score (nSPS) is 19.7. The molecule has 2 heterocycles. The number of nitrogens with two attached hydrogens (primary N) is 2. The molecule has 0 spiro atoms. The molecule has 0 radical (unpaired) electrons. The average Bonchev–Trinajstić information content (AvgIpc) is 3.20. The van der Waals surface area contributed by atoms with E-state index in [4.69, 9.17) is 16.2 Å². The summed E-state index contributed by atoms with van der Waals surface area (Å²) in [7, 11) is 1.65. The molecule has 1 aromatic carbocycles. The van der Waals surface area contributed by atoms with Crippen LogP contribution < -0.4 is 16.8 Å². The standard InChI is InChI=1S/C24H32N6O2/c1-16(2)30-13-21(22(14-30)32-15-17-7-5-4-6-8-17)29-24(31)20-9-18(12-28-23(20)26)19(10-25)11-27-3/h4-12,16,21-22H,13-15,25H2,1-3H3,(H2,26,28)(H,29,31)/t21-,22?/m0/s1. The van der Waals surface area contributed by atoms with Crippen molar-refractivity contribution in [2.45, 2.75) is 38.6 Å². The first kappa shape index (κ1) is 23.4. The van der Waals surface area contributed by atoms with Gasteiger partial charge >= 0.3 is 0 Å². The third-order valence-corrected chi connectivity index (χ3v) is 5.59. The SMILES string of the molecule is CN=CC(=CN)c1cnc(N)c(C(=O)N[C@H]2CN(C(C)C)CC2OCc2ccccc2)c1. The van der Waals surface area contributed by atoms with Crippen LogP contribution in [0.2, 0.25) is 0 Å².